The van der Waals surface area contributed by atoms with Crippen molar-refractivity contribution in [2.75, 3.05) is 42.9 Å². The summed E-state index contributed by atoms with van der Waals surface area (Å²) in [6, 6.07) is 10.1. The minimum Gasteiger partial charge on any atom is -0.363 e. The van der Waals surface area contributed by atoms with Gasteiger partial charge in [-0.2, -0.15) is 0 Å². The smallest absolute Gasteiger partial charge is 0.294 e. The summed E-state index contributed by atoms with van der Waals surface area (Å²) in [5, 5.41) is 14.5. The van der Waals surface area contributed by atoms with Crippen LogP contribution < -0.4 is 10.2 Å². The van der Waals surface area contributed by atoms with E-state index in [0.29, 0.717) is 30.0 Å². The summed E-state index contributed by atoms with van der Waals surface area (Å²) < 4.78 is 0. The molecule has 0 unspecified atom stereocenters. The fourth-order valence-corrected chi connectivity index (χ4v) is 3.54. The molecule has 1 amide bonds. The largest absolute Gasteiger partial charge is 0.363 e. The number of carbonyl (C=O) groups excluding carboxylic acids is 1. The summed E-state index contributed by atoms with van der Waals surface area (Å²) in [6.07, 6.45) is 0. The lowest BCUT2D eigenvalue weighted by atomic mass is 10.1. The Morgan fingerprint density at radius 3 is 2.54 bits per heavy atom. The Morgan fingerprint density at radius 1 is 1.21 bits per heavy atom. The van der Waals surface area contributed by atoms with Gasteiger partial charge in [0.15, 0.2) is 0 Å². The highest BCUT2D eigenvalue weighted by molar-refractivity contribution is 6.34. The van der Waals surface area contributed by atoms with Gasteiger partial charge in [-0.25, -0.2) is 0 Å². The minimum atomic E-state index is -0.431. The first-order chi connectivity index (χ1) is 13.4. The van der Waals surface area contributed by atoms with E-state index < -0.39 is 4.92 Å². The van der Waals surface area contributed by atoms with E-state index in [0.717, 1.165) is 25.2 Å². The molecule has 1 N–H and O–H groups in total. The Hall–Kier alpha value is -2.64. The van der Waals surface area contributed by atoms with E-state index in [1.807, 2.05) is 17.9 Å². The van der Waals surface area contributed by atoms with Crippen LogP contribution in [0.3, 0.4) is 0 Å². The molecule has 8 heteroatoms. The van der Waals surface area contributed by atoms with Crippen molar-refractivity contribution >= 4 is 34.6 Å². The molecule has 3 rings (SSSR count). The Bertz CT molecular complexity index is 895. The number of nitrogens with zero attached hydrogens (tertiary/aromatic N) is 3. The van der Waals surface area contributed by atoms with E-state index in [-0.39, 0.29) is 16.6 Å². The van der Waals surface area contributed by atoms with Crippen molar-refractivity contribution in [1.29, 1.82) is 0 Å². The molecule has 148 valence electrons. The molecule has 0 saturated carbocycles. The van der Waals surface area contributed by atoms with Gasteiger partial charge in [-0.15, -0.1) is 0 Å². The number of piperazine rings is 1. The van der Waals surface area contributed by atoms with E-state index in [2.05, 4.69) is 17.1 Å². The highest BCUT2D eigenvalue weighted by Crippen LogP contribution is 2.37. The van der Waals surface area contributed by atoms with Crippen molar-refractivity contribution in [3.8, 4) is 0 Å². The first-order valence-electron chi connectivity index (χ1n) is 9.22. The molecule has 0 spiro atoms. The quantitative estimate of drug-likeness (QED) is 0.605. The van der Waals surface area contributed by atoms with Crippen molar-refractivity contribution < 1.29 is 9.72 Å². The zero-order valence-electron chi connectivity index (χ0n) is 15.9. The van der Waals surface area contributed by atoms with Crippen LogP contribution in [-0.2, 0) is 0 Å². The second-order valence-electron chi connectivity index (χ2n) is 6.82. The van der Waals surface area contributed by atoms with E-state index in [9.17, 15) is 14.9 Å². The minimum absolute atomic E-state index is 0.0523. The van der Waals surface area contributed by atoms with Crippen LogP contribution in [0.15, 0.2) is 36.4 Å². The maximum Gasteiger partial charge on any atom is 0.294 e. The van der Waals surface area contributed by atoms with Crippen LogP contribution >= 0.6 is 11.6 Å². The third-order valence-electron chi connectivity index (χ3n) is 4.95. The van der Waals surface area contributed by atoms with Crippen molar-refractivity contribution in [3.63, 3.8) is 0 Å². The molecule has 7 nitrogen and oxygen atoms in total. The molecule has 28 heavy (non-hydrogen) atoms. The number of nitro groups is 1. The number of amides is 1. The van der Waals surface area contributed by atoms with E-state index in [4.69, 9.17) is 11.6 Å². The second-order valence-corrected chi connectivity index (χ2v) is 7.23. The fraction of sp³-hybridized carbons (Fsp3) is 0.350. The van der Waals surface area contributed by atoms with Gasteiger partial charge in [0.25, 0.3) is 11.6 Å². The molecule has 1 aliphatic heterocycles. The molecule has 1 fully saturated rings. The van der Waals surface area contributed by atoms with Crippen LogP contribution in [0.2, 0.25) is 5.02 Å². The molecule has 0 bridgehead atoms. The first-order valence-corrected chi connectivity index (χ1v) is 9.60. The van der Waals surface area contributed by atoms with E-state index in [1.54, 1.807) is 24.3 Å². The van der Waals surface area contributed by atoms with Gasteiger partial charge in [-0.3, -0.25) is 14.9 Å². The van der Waals surface area contributed by atoms with Crippen LogP contribution in [0.4, 0.5) is 17.1 Å². The molecule has 0 aromatic heterocycles. The summed E-state index contributed by atoms with van der Waals surface area (Å²) in [4.78, 5) is 28.0. The average Bonchev–Trinajstić information content (AvgIpc) is 2.69. The maximum atomic E-state index is 12.6. The molecule has 2 aromatic carbocycles. The lowest BCUT2D eigenvalue weighted by molar-refractivity contribution is -0.384. The zero-order chi connectivity index (χ0) is 20.3. The second kappa shape index (κ2) is 8.58. The number of rotatable bonds is 5. The Labute approximate surface area is 169 Å². The number of hydrogen-bond donors (Lipinski definition) is 1. The molecular formula is C20H23ClN4O3. The number of likely N-dealkylation sites (N-methyl/N-ethyl adjacent to an activating group) is 1. The number of anilines is 2. The Kier molecular flexibility index (Phi) is 6.16. The van der Waals surface area contributed by atoms with Gasteiger partial charge in [-0.1, -0.05) is 36.2 Å². The van der Waals surface area contributed by atoms with Crippen LogP contribution in [0.25, 0.3) is 0 Å². The number of carbonyl (C=O) groups is 1. The Balaban J connectivity index is 1.90. The third kappa shape index (κ3) is 4.43. The summed E-state index contributed by atoms with van der Waals surface area (Å²) >= 11 is 6.25. The van der Waals surface area contributed by atoms with Gasteiger partial charge in [0.05, 0.1) is 15.6 Å². The van der Waals surface area contributed by atoms with Gasteiger partial charge in [0.1, 0.15) is 5.69 Å². The first kappa shape index (κ1) is 20.1. The summed E-state index contributed by atoms with van der Waals surface area (Å²) in [5.74, 6) is -0.304. The predicted octanol–water partition coefficient (Wildman–Crippen LogP) is 3.95. The molecule has 2 aromatic rings. The van der Waals surface area contributed by atoms with Crippen LogP contribution in [0.5, 0.6) is 0 Å². The highest BCUT2D eigenvalue weighted by Gasteiger charge is 2.25. The summed E-state index contributed by atoms with van der Waals surface area (Å²) in [5.41, 5.74) is 2.27. The predicted molar refractivity (Wildman–Crippen MR) is 112 cm³/mol. The van der Waals surface area contributed by atoms with Gasteiger partial charge in [-0.05, 0) is 31.7 Å². The third-order valence-corrected chi connectivity index (χ3v) is 5.26. The topological polar surface area (TPSA) is 78.7 Å². The number of aryl methyl sites for hydroxylation is 1. The van der Waals surface area contributed by atoms with E-state index in [1.165, 1.54) is 6.07 Å². The summed E-state index contributed by atoms with van der Waals surface area (Å²) in [6.45, 7) is 7.99. The number of benzene rings is 2. The average molecular weight is 403 g/mol. The van der Waals surface area contributed by atoms with E-state index >= 15 is 0 Å². The van der Waals surface area contributed by atoms with Crippen molar-refractivity contribution in [2.24, 2.45) is 0 Å². The highest BCUT2D eigenvalue weighted by atomic mass is 35.5. The molecule has 0 radical (unpaired) electrons. The zero-order valence-corrected chi connectivity index (χ0v) is 16.7. The van der Waals surface area contributed by atoms with Gasteiger partial charge in [0.2, 0.25) is 0 Å². The molecule has 1 heterocycles. The fourth-order valence-electron chi connectivity index (χ4n) is 3.33. The van der Waals surface area contributed by atoms with Gasteiger partial charge in [0, 0.05) is 37.8 Å². The van der Waals surface area contributed by atoms with Crippen molar-refractivity contribution in [1.82, 2.24) is 4.90 Å². The Morgan fingerprint density at radius 2 is 1.93 bits per heavy atom. The number of halogens is 1. The molecule has 1 saturated heterocycles. The maximum absolute atomic E-state index is 12.6. The molecule has 0 aliphatic carbocycles. The SMILES string of the molecule is CCN1CCN(c2cc(NC(=O)c3cccc(C)c3)c(Cl)cc2[N+](=O)[O-])CC1. The van der Waals surface area contributed by atoms with Crippen LogP contribution in [0, 0.1) is 17.0 Å². The number of nitro benzene ring substituents is 1. The standard InChI is InChI=1S/C20H23ClN4O3/c1-3-23-7-9-24(10-8-23)18-13-17(16(21)12-19(18)25(27)28)22-20(26)15-6-4-5-14(2)11-15/h4-6,11-13H,3,7-10H2,1-2H3,(H,22,26). The van der Waals surface area contributed by atoms with Gasteiger partial charge >= 0.3 is 0 Å². The normalized spacial score (nSPS) is 14.8. The van der Waals surface area contributed by atoms with Gasteiger partial charge < -0.3 is 15.1 Å². The van der Waals surface area contributed by atoms with Crippen molar-refractivity contribution in [2.45, 2.75) is 13.8 Å². The molecule has 1 aliphatic rings. The van der Waals surface area contributed by atoms with Crippen LogP contribution in [0.1, 0.15) is 22.8 Å². The summed E-state index contributed by atoms with van der Waals surface area (Å²) in [7, 11) is 0. The number of hydrogen-bond acceptors (Lipinski definition) is 5. The van der Waals surface area contributed by atoms with Crippen molar-refractivity contribution in [3.05, 3.63) is 62.7 Å². The molecular weight excluding hydrogens is 380 g/mol. The number of nitrogens with one attached hydrogen (secondary N) is 1. The van der Waals surface area contributed by atoms with Crippen LogP contribution in [-0.4, -0.2) is 48.5 Å². The lowest BCUT2D eigenvalue weighted by Gasteiger charge is -2.35. The molecule has 0 atom stereocenters. The monoisotopic (exact) mass is 402 g/mol. The lowest BCUT2D eigenvalue weighted by Crippen LogP contribution is -2.46.